The highest BCUT2D eigenvalue weighted by atomic mass is 35.5. The lowest BCUT2D eigenvalue weighted by atomic mass is 10.2. The van der Waals surface area contributed by atoms with Crippen molar-refractivity contribution in [2.45, 2.75) is 13.0 Å². The minimum atomic E-state index is -1.02. The van der Waals surface area contributed by atoms with Gasteiger partial charge in [0, 0.05) is 17.8 Å². The molecule has 1 aliphatic heterocycles. The van der Waals surface area contributed by atoms with E-state index in [1.165, 1.54) is 31.2 Å². The zero-order chi connectivity index (χ0) is 19.4. The molecule has 1 N–H and O–H groups in total. The van der Waals surface area contributed by atoms with Gasteiger partial charge in [-0.05, 0) is 42.8 Å². The Morgan fingerprint density at radius 2 is 2.00 bits per heavy atom. The first-order valence-electron chi connectivity index (χ1n) is 7.96. The summed E-state index contributed by atoms with van der Waals surface area (Å²) in [6, 6.07) is 8.96. The molecule has 1 heterocycles. The van der Waals surface area contributed by atoms with Gasteiger partial charge in [0.1, 0.15) is 5.82 Å². The maximum atomic E-state index is 13.1. The Kier molecular flexibility index (Phi) is 5.61. The summed E-state index contributed by atoms with van der Waals surface area (Å²) in [4.78, 5) is 24.0. The Bertz CT molecular complexity index is 915. The predicted octanol–water partition coefficient (Wildman–Crippen LogP) is 3.79. The van der Waals surface area contributed by atoms with Gasteiger partial charge in [-0.25, -0.2) is 9.18 Å². The number of carbonyl (C=O) groups excluding carboxylic acids is 2. The predicted molar refractivity (Wildman–Crippen MR) is 97.2 cm³/mol. The van der Waals surface area contributed by atoms with Crippen molar-refractivity contribution in [1.29, 1.82) is 0 Å². The molecule has 3 rings (SSSR count). The number of anilines is 1. The van der Waals surface area contributed by atoms with E-state index in [1.54, 1.807) is 18.2 Å². The van der Waals surface area contributed by atoms with Crippen molar-refractivity contribution in [3.63, 3.8) is 0 Å². The van der Waals surface area contributed by atoms with E-state index in [0.717, 1.165) is 6.08 Å². The van der Waals surface area contributed by atoms with Crippen LogP contribution >= 0.6 is 11.6 Å². The maximum Gasteiger partial charge on any atom is 0.331 e. The average molecular weight is 392 g/mol. The number of amides is 1. The van der Waals surface area contributed by atoms with Crippen LogP contribution in [0.2, 0.25) is 5.02 Å². The van der Waals surface area contributed by atoms with Crippen LogP contribution in [0.15, 0.2) is 42.5 Å². The van der Waals surface area contributed by atoms with Crippen molar-refractivity contribution in [3.05, 3.63) is 58.9 Å². The molecule has 0 bridgehead atoms. The molecule has 2 aromatic carbocycles. The number of fused-ring (bicyclic) bond motifs is 1. The van der Waals surface area contributed by atoms with Crippen molar-refractivity contribution in [2.24, 2.45) is 0 Å². The quantitative estimate of drug-likeness (QED) is 0.620. The van der Waals surface area contributed by atoms with Gasteiger partial charge in [-0.2, -0.15) is 0 Å². The fourth-order valence-corrected chi connectivity index (χ4v) is 2.45. The molecule has 0 spiro atoms. The van der Waals surface area contributed by atoms with E-state index in [-0.39, 0.29) is 11.8 Å². The molecule has 8 heteroatoms. The number of halogens is 2. The Morgan fingerprint density at radius 1 is 1.22 bits per heavy atom. The van der Waals surface area contributed by atoms with Crippen LogP contribution in [0.4, 0.5) is 10.1 Å². The Morgan fingerprint density at radius 3 is 2.78 bits per heavy atom. The summed E-state index contributed by atoms with van der Waals surface area (Å²) in [5.41, 5.74) is 1.01. The van der Waals surface area contributed by atoms with Gasteiger partial charge in [0.25, 0.3) is 5.91 Å². The van der Waals surface area contributed by atoms with Crippen molar-refractivity contribution in [3.8, 4) is 11.5 Å². The number of esters is 1. The molecule has 2 aromatic rings. The van der Waals surface area contributed by atoms with Gasteiger partial charge in [-0.15, -0.1) is 0 Å². The van der Waals surface area contributed by atoms with Crippen LogP contribution in [0.25, 0.3) is 6.08 Å². The monoisotopic (exact) mass is 391 g/mol. The summed E-state index contributed by atoms with van der Waals surface area (Å²) >= 11 is 5.67. The fraction of sp³-hybridized carbons (Fsp3) is 0.158. The number of ether oxygens (including phenoxy) is 3. The molecule has 1 amide bonds. The summed E-state index contributed by atoms with van der Waals surface area (Å²) in [6.07, 6.45) is 1.52. The number of hydrogen-bond donors (Lipinski definition) is 1. The van der Waals surface area contributed by atoms with E-state index in [2.05, 4.69) is 5.32 Å². The Balaban J connectivity index is 1.54. The lowest BCUT2D eigenvalue weighted by molar-refractivity contribution is -0.148. The van der Waals surface area contributed by atoms with Gasteiger partial charge in [0.15, 0.2) is 17.6 Å². The number of hydrogen-bond acceptors (Lipinski definition) is 5. The summed E-state index contributed by atoms with van der Waals surface area (Å²) in [5, 5.41) is 2.58. The zero-order valence-corrected chi connectivity index (χ0v) is 15.0. The van der Waals surface area contributed by atoms with Gasteiger partial charge in [-0.1, -0.05) is 17.7 Å². The minimum absolute atomic E-state index is 0.0537. The molecule has 0 saturated heterocycles. The Hall–Kier alpha value is -3.06. The maximum absolute atomic E-state index is 13.1. The molecule has 0 radical (unpaired) electrons. The van der Waals surface area contributed by atoms with Crippen molar-refractivity contribution in [1.82, 2.24) is 0 Å². The lowest BCUT2D eigenvalue weighted by Crippen LogP contribution is -2.29. The molecule has 0 saturated carbocycles. The highest BCUT2D eigenvalue weighted by Gasteiger charge is 2.19. The number of benzene rings is 2. The van der Waals surface area contributed by atoms with Crippen LogP contribution in [-0.2, 0) is 14.3 Å². The van der Waals surface area contributed by atoms with E-state index in [1.807, 2.05) is 0 Å². The van der Waals surface area contributed by atoms with Gasteiger partial charge < -0.3 is 19.5 Å². The molecule has 0 aliphatic carbocycles. The first-order chi connectivity index (χ1) is 12.9. The van der Waals surface area contributed by atoms with Crippen LogP contribution in [0.3, 0.4) is 0 Å². The van der Waals surface area contributed by atoms with Gasteiger partial charge in [0.05, 0.1) is 5.02 Å². The van der Waals surface area contributed by atoms with Gasteiger partial charge in [0.2, 0.25) is 6.79 Å². The smallest absolute Gasteiger partial charge is 0.331 e. The summed E-state index contributed by atoms with van der Waals surface area (Å²) in [6.45, 7) is 1.58. The van der Waals surface area contributed by atoms with Gasteiger partial charge >= 0.3 is 5.97 Å². The molecule has 6 nitrogen and oxygen atoms in total. The third kappa shape index (κ3) is 4.77. The average Bonchev–Trinajstić information content (AvgIpc) is 3.10. The molecular weight excluding hydrogens is 377 g/mol. The van der Waals surface area contributed by atoms with Crippen LogP contribution < -0.4 is 14.8 Å². The van der Waals surface area contributed by atoms with E-state index >= 15 is 0 Å². The standard InChI is InChI=1S/C19H15ClFNO5/c1-11(19(24)22-13-4-6-16-17(9-13)26-10-25-16)27-18(23)7-3-12-2-5-15(21)14(20)8-12/h2-9,11H,10H2,1H3,(H,22,24)/b7-3+/t11-/m1/s1. The normalized spacial score (nSPS) is 13.4. The van der Waals surface area contributed by atoms with E-state index < -0.39 is 23.8 Å². The number of rotatable bonds is 5. The number of carbonyl (C=O) groups is 2. The first kappa shape index (κ1) is 18.7. The molecule has 0 unspecified atom stereocenters. The van der Waals surface area contributed by atoms with Crippen LogP contribution in [0.1, 0.15) is 12.5 Å². The topological polar surface area (TPSA) is 73.9 Å². The molecule has 1 atom stereocenters. The van der Waals surface area contributed by atoms with E-state index in [0.29, 0.717) is 22.7 Å². The lowest BCUT2D eigenvalue weighted by Gasteiger charge is -2.12. The second kappa shape index (κ2) is 8.09. The molecule has 27 heavy (non-hydrogen) atoms. The Labute approximate surface area is 159 Å². The van der Waals surface area contributed by atoms with Gasteiger partial charge in [-0.3, -0.25) is 4.79 Å². The number of nitrogens with one attached hydrogen (secondary N) is 1. The van der Waals surface area contributed by atoms with Crippen LogP contribution in [-0.4, -0.2) is 24.8 Å². The van der Waals surface area contributed by atoms with Crippen LogP contribution in [0, 0.1) is 5.82 Å². The second-order valence-electron chi connectivity index (χ2n) is 5.64. The van der Waals surface area contributed by atoms with Crippen molar-refractivity contribution >= 4 is 35.2 Å². The summed E-state index contributed by atoms with van der Waals surface area (Å²) in [7, 11) is 0. The second-order valence-corrected chi connectivity index (χ2v) is 6.05. The third-order valence-electron chi connectivity index (χ3n) is 3.66. The molecule has 0 fully saturated rings. The molecule has 140 valence electrons. The fourth-order valence-electron chi connectivity index (χ4n) is 2.27. The zero-order valence-electron chi connectivity index (χ0n) is 14.2. The van der Waals surface area contributed by atoms with Crippen molar-refractivity contribution < 1.29 is 28.2 Å². The van der Waals surface area contributed by atoms with Crippen LogP contribution in [0.5, 0.6) is 11.5 Å². The highest BCUT2D eigenvalue weighted by Crippen LogP contribution is 2.34. The molecule has 0 aromatic heterocycles. The SMILES string of the molecule is C[C@@H](OC(=O)/C=C/c1ccc(F)c(Cl)c1)C(=O)Nc1ccc2c(c1)OCO2. The van der Waals surface area contributed by atoms with E-state index in [4.69, 9.17) is 25.8 Å². The largest absolute Gasteiger partial charge is 0.454 e. The first-order valence-corrected chi connectivity index (χ1v) is 8.34. The van der Waals surface area contributed by atoms with Crippen molar-refractivity contribution in [2.75, 3.05) is 12.1 Å². The van der Waals surface area contributed by atoms with E-state index in [9.17, 15) is 14.0 Å². The highest BCUT2D eigenvalue weighted by molar-refractivity contribution is 6.30. The molecule has 1 aliphatic rings. The molecular formula is C19H15ClFNO5. The summed E-state index contributed by atoms with van der Waals surface area (Å²) in [5.74, 6) is -0.647. The minimum Gasteiger partial charge on any atom is -0.454 e. The summed E-state index contributed by atoms with van der Waals surface area (Å²) < 4.78 is 28.6. The third-order valence-corrected chi connectivity index (χ3v) is 3.95.